The van der Waals surface area contributed by atoms with Crippen molar-refractivity contribution in [1.29, 1.82) is 0 Å². The third-order valence-corrected chi connectivity index (χ3v) is 6.42. The highest BCUT2D eigenvalue weighted by molar-refractivity contribution is 7.99. The van der Waals surface area contributed by atoms with Crippen LogP contribution in [0.5, 0.6) is 0 Å². The summed E-state index contributed by atoms with van der Waals surface area (Å²) in [5.41, 5.74) is 3.41. The molecule has 1 amide bonds. The van der Waals surface area contributed by atoms with Gasteiger partial charge in [-0.25, -0.2) is 9.37 Å². The Morgan fingerprint density at radius 1 is 1.09 bits per heavy atom. The standard InChI is InChI=1S/C25H21ClFN3O2S/c1-14-10-16(3)23(19(26)11-14)29-22(31)13-33-25-28-21-7-5-4-6-18(21)24(32)30(25)17-9-8-15(2)20(27)12-17/h4-12H,13H2,1-3H3,(H,29,31). The summed E-state index contributed by atoms with van der Waals surface area (Å²) in [6.45, 7) is 5.45. The Morgan fingerprint density at radius 3 is 2.58 bits per heavy atom. The monoisotopic (exact) mass is 481 g/mol. The second kappa shape index (κ2) is 9.37. The lowest BCUT2D eigenvalue weighted by molar-refractivity contribution is -0.113. The van der Waals surface area contributed by atoms with Gasteiger partial charge >= 0.3 is 0 Å². The van der Waals surface area contributed by atoms with Crippen molar-refractivity contribution in [3.63, 3.8) is 0 Å². The largest absolute Gasteiger partial charge is 0.324 e. The molecule has 3 aromatic carbocycles. The van der Waals surface area contributed by atoms with Gasteiger partial charge in [-0.1, -0.05) is 47.6 Å². The first-order chi connectivity index (χ1) is 15.7. The molecule has 0 unspecified atom stereocenters. The van der Waals surface area contributed by atoms with E-state index in [4.69, 9.17) is 11.6 Å². The third kappa shape index (κ3) is 4.79. The number of hydrogen-bond donors (Lipinski definition) is 1. The van der Waals surface area contributed by atoms with E-state index >= 15 is 0 Å². The van der Waals surface area contributed by atoms with Gasteiger partial charge in [-0.2, -0.15) is 0 Å². The van der Waals surface area contributed by atoms with Crippen molar-refractivity contribution in [3.05, 3.63) is 92.5 Å². The lowest BCUT2D eigenvalue weighted by Crippen LogP contribution is -2.23. The molecule has 0 saturated heterocycles. The summed E-state index contributed by atoms with van der Waals surface area (Å²) >= 11 is 7.40. The maximum Gasteiger partial charge on any atom is 0.266 e. The summed E-state index contributed by atoms with van der Waals surface area (Å²) in [5, 5.41) is 4.00. The average Bonchev–Trinajstić information content (AvgIpc) is 2.77. The number of nitrogens with one attached hydrogen (secondary N) is 1. The van der Waals surface area contributed by atoms with Gasteiger partial charge < -0.3 is 5.32 Å². The summed E-state index contributed by atoms with van der Waals surface area (Å²) in [5.74, 6) is -0.730. The van der Waals surface area contributed by atoms with E-state index in [9.17, 15) is 14.0 Å². The number of fused-ring (bicyclic) bond motifs is 1. The van der Waals surface area contributed by atoms with Crippen LogP contribution in [-0.4, -0.2) is 21.2 Å². The molecule has 33 heavy (non-hydrogen) atoms. The Balaban J connectivity index is 1.69. The number of aryl methyl sites for hydroxylation is 3. The quantitative estimate of drug-likeness (QED) is 0.287. The third-order valence-electron chi connectivity index (χ3n) is 5.19. The van der Waals surface area contributed by atoms with E-state index in [0.717, 1.165) is 22.9 Å². The van der Waals surface area contributed by atoms with Crippen molar-refractivity contribution in [2.45, 2.75) is 25.9 Å². The van der Waals surface area contributed by atoms with Crippen molar-refractivity contribution >= 4 is 45.9 Å². The number of para-hydroxylation sites is 1. The highest BCUT2D eigenvalue weighted by Crippen LogP contribution is 2.28. The number of rotatable bonds is 5. The summed E-state index contributed by atoms with van der Waals surface area (Å²) in [4.78, 5) is 30.6. The van der Waals surface area contributed by atoms with E-state index < -0.39 is 5.82 Å². The first kappa shape index (κ1) is 23.0. The number of benzene rings is 3. The van der Waals surface area contributed by atoms with E-state index in [2.05, 4.69) is 10.3 Å². The first-order valence-corrected chi connectivity index (χ1v) is 11.6. The highest BCUT2D eigenvalue weighted by Gasteiger charge is 2.17. The number of halogens is 2. The Labute approximate surface area is 199 Å². The van der Waals surface area contributed by atoms with Crippen LogP contribution in [0.1, 0.15) is 16.7 Å². The van der Waals surface area contributed by atoms with Crippen molar-refractivity contribution in [3.8, 4) is 5.69 Å². The van der Waals surface area contributed by atoms with Crippen LogP contribution >= 0.6 is 23.4 Å². The topological polar surface area (TPSA) is 64.0 Å². The minimum Gasteiger partial charge on any atom is -0.324 e. The van der Waals surface area contributed by atoms with Crippen molar-refractivity contribution in [2.24, 2.45) is 0 Å². The Morgan fingerprint density at radius 2 is 1.85 bits per heavy atom. The maximum atomic E-state index is 14.3. The molecule has 0 bridgehead atoms. The average molecular weight is 482 g/mol. The summed E-state index contributed by atoms with van der Waals surface area (Å²) in [6.07, 6.45) is 0. The lowest BCUT2D eigenvalue weighted by atomic mass is 10.1. The Bertz CT molecular complexity index is 1430. The zero-order valence-corrected chi connectivity index (χ0v) is 19.9. The molecule has 0 aliphatic rings. The van der Waals surface area contributed by atoms with Crippen LogP contribution in [-0.2, 0) is 4.79 Å². The van der Waals surface area contributed by atoms with Crippen LogP contribution in [0.3, 0.4) is 0 Å². The van der Waals surface area contributed by atoms with Crippen molar-refractivity contribution < 1.29 is 9.18 Å². The zero-order chi connectivity index (χ0) is 23.7. The molecule has 5 nitrogen and oxygen atoms in total. The fraction of sp³-hybridized carbons (Fsp3) is 0.160. The van der Waals surface area contributed by atoms with Crippen LogP contribution < -0.4 is 10.9 Å². The van der Waals surface area contributed by atoms with E-state index in [1.54, 1.807) is 49.4 Å². The highest BCUT2D eigenvalue weighted by atomic mass is 35.5. The van der Waals surface area contributed by atoms with Gasteiger partial charge in [0, 0.05) is 0 Å². The van der Waals surface area contributed by atoms with Crippen LogP contribution in [0.4, 0.5) is 10.1 Å². The number of hydrogen-bond acceptors (Lipinski definition) is 4. The number of aromatic nitrogens is 2. The molecule has 0 fully saturated rings. The lowest BCUT2D eigenvalue weighted by Gasteiger charge is -2.14. The molecule has 1 aromatic heterocycles. The van der Waals surface area contributed by atoms with Gasteiger partial charge in [0.1, 0.15) is 5.82 Å². The molecule has 0 spiro atoms. The van der Waals surface area contributed by atoms with Gasteiger partial charge in [0.05, 0.1) is 33.1 Å². The van der Waals surface area contributed by atoms with Crippen LogP contribution in [0.15, 0.2) is 64.5 Å². The zero-order valence-electron chi connectivity index (χ0n) is 18.3. The summed E-state index contributed by atoms with van der Waals surface area (Å²) in [7, 11) is 0. The molecule has 0 aliphatic carbocycles. The molecule has 0 atom stereocenters. The Hall–Kier alpha value is -3.16. The number of nitrogens with zero attached hydrogens (tertiary/aromatic N) is 2. The predicted octanol–water partition coefficient (Wildman–Crippen LogP) is 5.83. The first-order valence-electron chi connectivity index (χ1n) is 10.2. The SMILES string of the molecule is Cc1cc(C)c(NC(=O)CSc2nc3ccccc3c(=O)n2-c2ccc(C)c(F)c2)c(Cl)c1. The molecule has 0 radical (unpaired) electrons. The number of amides is 1. The molecule has 4 aromatic rings. The fourth-order valence-corrected chi connectivity index (χ4v) is 4.72. The summed E-state index contributed by atoms with van der Waals surface area (Å²) < 4.78 is 15.6. The van der Waals surface area contributed by atoms with Gasteiger partial charge in [0.2, 0.25) is 5.91 Å². The second-order valence-corrected chi connectivity index (χ2v) is 9.11. The fourth-order valence-electron chi connectivity index (χ4n) is 3.54. The van der Waals surface area contributed by atoms with Gasteiger partial charge in [-0.3, -0.25) is 14.2 Å². The minimum atomic E-state index is -0.425. The molecule has 1 N–H and O–H groups in total. The maximum absolute atomic E-state index is 14.3. The van der Waals surface area contributed by atoms with Crippen molar-refractivity contribution in [1.82, 2.24) is 9.55 Å². The number of anilines is 1. The number of carbonyl (C=O) groups excluding carboxylic acids is 1. The molecule has 0 aliphatic heterocycles. The predicted molar refractivity (Wildman–Crippen MR) is 132 cm³/mol. The van der Waals surface area contributed by atoms with Crippen LogP contribution in [0, 0.1) is 26.6 Å². The molecular formula is C25H21ClFN3O2S. The molecule has 0 saturated carbocycles. The van der Waals surface area contributed by atoms with Gasteiger partial charge in [0.25, 0.3) is 5.56 Å². The van der Waals surface area contributed by atoms with Crippen molar-refractivity contribution in [2.75, 3.05) is 11.1 Å². The molecular weight excluding hydrogens is 461 g/mol. The van der Waals surface area contributed by atoms with E-state index in [0.29, 0.717) is 38.0 Å². The molecule has 8 heteroatoms. The smallest absolute Gasteiger partial charge is 0.266 e. The van der Waals surface area contributed by atoms with E-state index in [1.165, 1.54) is 10.6 Å². The van der Waals surface area contributed by atoms with E-state index in [1.807, 2.05) is 19.9 Å². The van der Waals surface area contributed by atoms with Crippen LogP contribution in [0.25, 0.3) is 16.6 Å². The van der Waals surface area contributed by atoms with Gasteiger partial charge in [0.15, 0.2) is 5.16 Å². The molecule has 1 heterocycles. The summed E-state index contributed by atoms with van der Waals surface area (Å²) in [6, 6.07) is 15.2. The normalized spacial score (nSPS) is 11.1. The number of carbonyl (C=O) groups is 1. The van der Waals surface area contributed by atoms with Gasteiger partial charge in [-0.15, -0.1) is 0 Å². The van der Waals surface area contributed by atoms with E-state index in [-0.39, 0.29) is 17.2 Å². The molecule has 168 valence electrons. The van der Waals surface area contributed by atoms with Gasteiger partial charge in [-0.05, 0) is 67.8 Å². The minimum absolute atomic E-state index is 0.0111. The Kier molecular flexibility index (Phi) is 6.54. The molecule has 4 rings (SSSR count). The number of thioether (sulfide) groups is 1. The van der Waals surface area contributed by atoms with Crippen LogP contribution in [0.2, 0.25) is 5.02 Å². The second-order valence-electron chi connectivity index (χ2n) is 7.76.